The number of carboxylic acid groups (broad SMARTS) is 2. The molecule has 0 atom stereocenters. The maximum absolute atomic E-state index is 9.64. The molecule has 8 heteroatoms. The number of aliphatic hydroxyl groups is 3. The van der Waals surface area contributed by atoms with Gasteiger partial charge in [0.05, 0.1) is 38.2 Å². The van der Waals surface area contributed by atoms with Crippen LogP contribution in [0.5, 0.6) is 0 Å². The van der Waals surface area contributed by atoms with Crippen LogP contribution in [0, 0.1) is 0 Å². The van der Waals surface area contributed by atoms with Crippen molar-refractivity contribution in [3.63, 3.8) is 0 Å². The topological polar surface area (TPSA) is 161 Å². The van der Waals surface area contributed by atoms with Gasteiger partial charge in [-0.3, -0.25) is 9.59 Å². The molecule has 0 fully saturated rings. The van der Waals surface area contributed by atoms with Gasteiger partial charge in [0, 0.05) is 0 Å². The molecule has 0 saturated heterocycles. The molecule has 0 aromatic rings. The van der Waals surface area contributed by atoms with Gasteiger partial charge in [0.15, 0.2) is 0 Å². The van der Waals surface area contributed by atoms with Gasteiger partial charge in [0.25, 0.3) is 0 Å². The van der Waals surface area contributed by atoms with Gasteiger partial charge < -0.3 is 31.3 Å². The zero-order valence-corrected chi connectivity index (χ0v) is 8.67. The number of rotatable bonds is 6. The zero-order valence-electron chi connectivity index (χ0n) is 8.67. The van der Waals surface area contributed by atoms with Gasteiger partial charge in [-0.2, -0.15) is 0 Å². The van der Waals surface area contributed by atoms with Crippen molar-refractivity contribution in [2.24, 2.45) is 5.73 Å². The highest BCUT2D eigenvalue weighted by atomic mass is 16.4. The maximum Gasteiger partial charge on any atom is 0.303 e. The molecule has 0 aromatic carbocycles. The van der Waals surface area contributed by atoms with Gasteiger partial charge >= 0.3 is 11.9 Å². The van der Waals surface area contributed by atoms with Crippen LogP contribution in [0.25, 0.3) is 0 Å². The molecule has 0 aromatic heterocycles. The summed E-state index contributed by atoms with van der Waals surface area (Å²) in [4.78, 5) is 19.3. The van der Waals surface area contributed by atoms with Gasteiger partial charge in [-0.25, -0.2) is 0 Å². The lowest BCUT2D eigenvalue weighted by Gasteiger charge is -2.20. The summed E-state index contributed by atoms with van der Waals surface area (Å²) in [5, 5.41) is 40.8. The molecule has 0 aliphatic heterocycles. The van der Waals surface area contributed by atoms with Gasteiger partial charge in [0.1, 0.15) is 0 Å². The molecule has 0 unspecified atom stereocenters. The molecule has 0 heterocycles. The molecule has 0 aliphatic rings. The van der Waals surface area contributed by atoms with Gasteiger partial charge in [-0.05, 0) is 0 Å². The molecule has 7 N–H and O–H groups in total. The third-order valence-electron chi connectivity index (χ3n) is 1.50. The van der Waals surface area contributed by atoms with Gasteiger partial charge in [-0.1, -0.05) is 0 Å². The first-order valence-electron chi connectivity index (χ1n) is 4.36. The van der Waals surface area contributed by atoms with Crippen LogP contribution >= 0.6 is 0 Å². The molecule has 96 valence electrons. The third kappa shape index (κ3) is 10.9. The normalized spacial score (nSPS) is 10.2. The van der Waals surface area contributed by atoms with E-state index in [1.54, 1.807) is 0 Å². The third-order valence-corrected chi connectivity index (χ3v) is 1.50. The van der Waals surface area contributed by atoms with Crippen molar-refractivity contribution in [3.05, 3.63) is 0 Å². The van der Waals surface area contributed by atoms with E-state index in [0.717, 1.165) is 0 Å². The Bertz CT molecular complexity index is 192. The average Bonchev–Trinajstić information content (AvgIpc) is 2.26. The lowest BCUT2D eigenvalue weighted by atomic mass is 10.1. The second kappa shape index (κ2) is 9.04. The minimum absolute atomic E-state index is 0.296. The largest absolute Gasteiger partial charge is 0.481 e. The molecule has 0 rings (SSSR count). The first-order valence-corrected chi connectivity index (χ1v) is 4.36. The van der Waals surface area contributed by atoms with Gasteiger partial charge in [0.2, 0.25) is 0 Å². The molecule has 0 aliphatic carbocycles. The van der Waals surface area contributed by atoms with Crippen LogP contribution in [0.4, 0.5) is 0 Å². The molecule has 0 spiro atoms. The Hall–Kier alpha value is -1.22. The van der Waals surface area contributed by atoms with Crippen molar-refractivity contribution in [1.29, 1.82) is 0 Å². The minimum Gasteiger partial charge on any atom is -0.481 e. The van der Waals surface area contributed by atoms with Crippen molar-refractivity contribution in [2.75, 3.05) is 19.8 Å². The van der Waals surface area contributed by atoms with E-state index in [0.29, 0.717) is 0 Å². The van der Waals surface area contributed by atoms with E-state index < -0.39 is 37.3 Å². The smallest absolute Gasteiger partial charge is 0.303 e. The standard InChI is InChI=1S/C4H11NO3.C4H6O4/c5-4(1-6,2-7)3-8;5-3(6)1-2-4(7)8/h6-8H,1-3,5H2;1-2H2,(H,5,6)(H,7,8). The summed E-state index contributed by atoms with van der Waals surface area (Å²) in [5.74, 6) is -2.15. The van der Waals surface area contributed by atoms with E-state index in [2.05, 4.69) is 0 Å². The molecular formula is C8H17NO7. The lowest BCUT2D eigenvalue weighted by molar-refractivity contribution is -0.143. The summed E-state index contributed by atoms with van der Waals surface area (Å²) in [5.41, 5.74) is 3.94. The average molecular weight is 239 g/mol. The summed E-state index contributed by atoms with van der Waals surface area (Å²) < 4.78 is 0. The van der Waals surface area contributed by atoms with Crippen LogP contribution in [0.1, 0.15) is 12.8 Å². The Labute approximate surface area is 91.9 Å². The van der Waals surface area contributed by atoms with Crippen molar-refractivity contribution < 1.29 is 35.1 Å². The van der Waals surface area contributed by atoms with E-state index in [4.69, 9.17) is 31.3 Å². The molecule has 0 amide bonds. The Balaban J connectivity index is 0. The number of carbonyl (C=O) groups is 2. The van der Waals surface area contributed by atoms with Crippen LogP contribution < -0.4 is 5.73 Å². The molecule has 0 radical (unpaired) electrons. The Morgan fingerprint density at radius 3 is 1.19 bits per heavy atom. The SMILES string of the molecule is NC(CO)(CO)CO.O=C(O)CCC(=O)O. The first-order chi connectivity index (χ1) is 7.31. The van der Waals surface area contributed by atoms with Crippen LogP contribution in [-0.4, -0.2) is 62.8 Å². The highest BCUT2D eigenvalue weighted by molar-refractivity contribution is 5.75. The predicted molar refractivity (Wildman–Crippen MR) is 52.7 cm³/mol. The van der Waals surface area contributed by atoms with Crippen molar-refractivity contribution in [3.8, 4) is 0 Å². The van der Waals surface area contributed by atoms with Crippen molar-refractivity contribution in [2.45, 2.75) is 18.4 Å². The molecule has 0 saturated carbocycles. The Morgan fingerprint density at radius 2 is 1.12 bits per heavy atom. The van der Waals surface area contributed by atoms with Crippen LogP contribution in [0.2, 0.25) is 0 Å². The minimum atomic E-state index is -1.21. The summed E-state index contributed by atoms with van der Waals surface area (Å²) in [6, 6.07) is 0. The Kier molecular flexibility index (Phi) is 9.71. The highest BCUT2D eigenvalue weighted by Crippen LogP contribution is 1.93. The summed E-state index contributed by atoms with van der Waals surface area (Å²) in [7, 11) is 0. The molecular weight excluding hydrogens is 222 g/mol. The fourth-order valence-electron chi connectivity index (χ4n) is 0.364. The van der Waals surface area contributed by atoms with Crippen molar-refractivity contribution in [1.82, 2.24) is 0 Å². The number of hydrogen-bond acceptors (Lipinski definition) is 6. The van der Waals surface area contributed by atoms with E-state index in [-0.39, 0.29) is 12.8 Å². The summed E-state index contributed by atoms with van der Waals surface area (Å²) in [6.07, 6.45) is -0.593. The quantitative estimate of drug-likeness (QED) is 0.299. The Morgan fingerprint density at radius 1 is 0.875 bits per heavy atom. The van der Waals surface area contributed by atoms with Gasteiger partial charge in [-0.15, -0.1) is 0 Å². The number of carboxylic acids is 2. The molecule has 8 nitrogen and oxygen atoms in total. The number of nitrogens with two attached hydrogens (primary N) is 1. The zero-order chi connectivity index (χ0) is 13.2. The van der Waals surface area contributed by atoms with Crippen LogP contribution in [-0.2, 0) is 9.59 Å². The number of hydrogen-bond donors (Lipinski definition) is 6. The second-order valence-corrected chi connectivity index (χ2v) is 3.12. The fraction of sp³-hybridized carbons (Fsp3) is 0.750. The fourth-order valence-corrected chi connectivity index (χ4v) is 0.364. The first kappa shape index (κ1) is 17.2. The van der Waals surface area contributed by atoms with E-state index in [1.807, 2.05) is 0 Å². The molecule has 0 bridgehead atoms. The number of aliphatic hydroxyl groups excluding tert-OH is 3. The predicted octanol–water partition coefficient (Wildman–Crippen LogP) is -2.40. The summed E-state index contributed by atoms with van der Waals surface area (Å²) in [6.45, 7) is -1.21. The van der Waals surface area contributed by atoms with Crippen LogP contribution in [0.15, 0.2) is 0 Å². The lowest BCUT2D eigenvalue weighted by Crippen LogP contribution is -2.50. The number of aliphatic carboxylic acids is 2. The van der Waals surface area contributed by atoms with Crippen molar-refractivity contribution >= 4 is 11.9 Å². The van der Waals surface area contributed by atoms with E-state index in [1.165, 1.54) is 0 Å². The maximum atomic E-state index is 9.64. The summed E-state index contributed by atoms with van der Waals surface area (Å²) >= 11 is 0. The highest BCUT2D eigenvalue weighted by Gasteiger charge is 2.20. The molecule has 16 heavy (non-hydrogen) atoms. The monoisotopic (exact) mass is 239 g/mol. The van der Waals surface area contributed by atoms with E-state index in [9.17, 15) is 9.59 Å². The van der Waals surface area contributed by atoms with E-state index >= 15 is 0 Å². The second-order valence-electron chi connectivity index (χ2n) is 3.12. The van der Waals surface area contributed by atoms with Crippen LogP contribution in [0.3, 0.4) is 0 Å².